The van der Waals surface area contributed by atoms with Crippen molar-refractivity contribution in [2.45, 2.75) is 46.3 Å². The fraction of sp³-hybridized carbons (Fsp3) is 0.500. The van der Waals surface area contributed by atoms with Crippen LogP contribution in [-0.2, 0) is 6.61 Å². The van der Waals surface area contributed by atoms with Gasteiger partial charge >= 0.3 is 0 Å². The van der Waals surface area contributed by atoms with Crippen LogP contribution in [0.25, 0.3) is 0 Å². The second-order valence-corrected chi connectivity index (χ2v) is 6.75. The lowest BCUT2D eigenvalue weighted by molar-refractivity contribution is 0.294. The normalized spacial score (nSPS) is 12.2. The maximum Gasteiger partial charge on any atom is 0.168 e. The number of hydrogen-bond acceptors (Lipinski definition) is 5. The third kappa shape index (κ3) is 7.18. The summed E-state index contributed by atoms with van der Waals surface area (Å²) in [5.41, 5.74) is 0. The molecule has 1 atom stereocenters. The Labute approximate surface area is 161 Å². The third-order valence-electron chi connectivity index (χ3n) is 4.29. The van der Waals surface area contributed by atoms with E-state index in [9.17, 15) is 0 Å². The Hall–Kier alpha value is -1.85. The molecular weight excluding hydrogens is 348 g/mol. The molecule has 0 aliphatic heterocycles. The van der Waals surface area contributed by atoms with Gasteiger partial charge in [-0.2, -0.15) is 0 Å². The molecule has 0 saturated carbocycles. The third-order valence-corrected chi connectivity index (χ3v) is 4.54. The number of anilines is 1. The highest BCUT2D eigenvalue weighted by Gasteiger charge is 2.07. The van der Waals surface area contributed by atoms with Gasteiger partial charge in [0.05, 0.1) is 0 Å². The van der Waals surface area contributed by atoms with E-state index in [2.05, 4.69) is 41.0 Å². The SMILES string of the molecule is CCN(CC)CCCC(C)Nc1ccnc(COc2ccc(Cl)cc2)n1. The summed E-state index contributed by atoms with van der Waals surface area (Å²) in [5.74, 6) is 2.24. The molecule has 0 aliphatic carbocycles. The van der Waals surface area contributed by atoms with E-state index in [1.165, 1.54) is 6.42 Å². The number of nitrogens with zero attached hydrogens (tertiary/aromatic N) is 3. The molecule has 1 N–H and O–H groups in total. The Morgan fingerprint density at radius 2 is 1.88 bits per heavy atom. The van der Waals surface area contributed by atoms with Crippen molar-refractivity contribution < 1.29 is 4.74 Å². The van der Waals surface area contributed by atoms with Crippen LogP contribution in [0, 0.1) is 0 Å². The van der Waals surface area contributed by atoms with Crippen molar-refractivity contribution in [2.24, 2.45) is 0 Å². The maximum atomic E-state index is 5.88. The maximum absolute atomic E-state index is 5.88. The fourth-order valence-electron chi connectivity index (χ4n) is 2.71. The van der Waals surface area contributed by atoms with Gasteiger partial charge in [-0.1, -0.05) is 25.4 Å². The highest BCUT2D eigenvalue weighted by Crippen LogP contribution is 2.16. The molecule has 0 bridgehead atoms. The van der Waals surface area contributed by atoms with E-state index in [0.29, 0.717) is 23.5 Å². The predicted octanol–water partition coefficient (Wildman–Crippen LogP) is 4.63. The molecule has 0 saturated heterocycles. The van der Waals surface area contributed by atoms with E-state index in [0.717, 1.165) is 37.6 Å². The van der Waals surface area contributed by atoms with Crippen LogP contribution in [0.15, 0.2) is 36.5 Å². The highest BCUT2D eigenvalue weighted by atomic mass is 35.5. The lowest BCUT2D eigenvalue weighted by Gasteiger charge is -2.20. The summed E-state index contributed by atoms with van der Waals surface area (Å²) in [6.07, 6.45) is 4.04. The molecule has 142 valence electrons. The van der Waals surface area contributed by atoms with E-state index in [1.807, 2.05) is 18.2 Å². The number of nitrogens with one attached hydrogen (secondary N) is 1. The average Bonchev–Trinajstić information content (AvgIpc) is 2.65. The molecule has 2 rings (SSSR count). The summed E-state index contributed by atoms with van der Waals surface area (Å²) in [7, 11) is 0. The molecule has 1 aromatic carbocycles. The van der Waals surface area contributed by atoms with Crippen LogP contribution in [0.1, 0.15) is 39.4 Å². The van der Waals surface area contributed by atoms with Gasteiger partial charge in [-0.3, -0.25) is 0 Å². The van der Waals surface area contributed by atoms with Crippen LogP contribution in [0.5, 0.6) is 5.75 Å². The van der Waals surface area contributed by atoms with Gasteiger partial charge in [0.15, 0.2) is 5.82 Å². The highest BCUT2D eigenvalue weighted by molar-refractivity contribution is 6.30. The summed E-state index contributed by atoms with van der Waals surface area (Å²) in [4.78, 5) is 11.3. The molecule has 1 unspecified atom stereocenters. The van der Waals surface area contributed by atoms with Crippen molar-refractivity contribution in [2.75, 3.05) is 25.0 Å². The average molecular weight is 377 g/mol. The Morgan fingerprint density at radius 3 is 2.58 bits per heavy atom. The van der Waals surface area contributed by atoms with Gasteiger partial charge in [0, 0.05) is 17.3 Å². The molecule has 2 aromatic rings. The van der Waals surface area contributed by atoms with E-state index in [-0.39, 0.29) is 0 Å². The zero-order chi connectivity index (χ0) is 18.8. The molecule has 5 nitrogen and oxygen atoms in total. The van der Waals surface area contributed by atoms with Crippen molar-refractivity contribution in [1.29, 1.82) is 0 Å². The summed E-state index contributed by atoms with van der Waals surface area (Å²) >= 11 is 5.88. The molecule has 0 spiro atoms. The number of benzene rings is 1. The molecule has 1 aromatic heterocycles. The van der Waals surface area contributed by atoms with Crippen molar-refractivity contribution in [1.82, 2.24) is 14.9 Å². The van der Waals surface area contributed by atoms with Gasteiger partial charge in [0.25, 0.3) is 0 Å². The molecule has 0 amide bonds. The Balaban J connectivity index is 1.79. The van der Waals surface area contributed by atoms with Crippen molar-refractivity contribution >= 4 is 17.4 Å². The summed E-state index contributed by atoms with van der Waals surface area (Å²) < 4.78 is 5.71. The molecule has 0 fully saturated rings. The van der Waals surface area contributed by atoms with Crippen LogP contribution in [0.2, 0.25) is 5.02 Å². The van der Waals surface area contributed by atoms with Crippen LogP contribution >= 0.6 is 11.6 Å². The van der Waals surface area contributed by atoms with Crippen molar-refractivity contribution in [3.63, 3.8) is 0 Å². The molecule has 1 heterocycles. The van der Waals surface area contributed by atoms with E-state index in [4.69, 9.17) is 16.3 Å². The number of halogens is 1. The Morgan fingerprint density at radius 1 is 1.15 bits per heavy atom. The molecular formula is C20H29ClN4O. The lowest BCUT2D eigenvalue weighted by Crippen LogP contribution is -2.25. The van der Waals surface area contributed by atoms with Gasteiger partial charge in [-0.25, -0.2) is 9.97 Å². The molecule has 6 heteroatoms. The second kappa shape index (κ2) is 11.0. The van der Waals surface area contributed by atoms with Crippen LogP contribution < -0.4 is 10.1 Å². The minimum Gasteiger partial charge on any atom is -0.486 e. The van der Waals surface area contributed by atoms with Crippen LogP contribution in [0.3, 0.4) is 0 Å². The zero-order valence-electron chi connectivity index (χ0n) is 15.9. The summed E-state index contributed by atoms with van der Waals surface area (Å²) in [6.45, 7) is 10.3. The van der Waals surface area contributed by atoms with Gasteiger partial charge in [-0.05, 0) is 69.7 Å². The monoisotopic (exact) mass is 376 g/mol. The van der Waals surface area contributed by atoms with Gasteiger partial charge < -0.3 is 15.0 Å². The predicted molar refractivity (Wildman–Crippen MR) is 108 cm³/mol. The van der Waals surface area contributed by atoms with Crippen LogP contribution in [0.4, 0.5) is 5.82 Å². The molecule has 0 radical (unpaired) electrons. The quantitative estimate of drug-likeness (QED) is 0.619. The first kappa shape index (κ1) is 20.5. The molecule has 0 aliphatic rings. The molecule has 26 heavy (non-hydrogen) atoms. The summed E-state index contributed by atoms with van der Waals surface area (Å²) in [5, 5.41) is 4.14. The van der Waals surface area contributed by atoms with Gasteiger partial charge in [-0.15, -0.1) is 0 Å². The van der Waals surface area contributed by atoms with Crippen molar-refractivity contribution in [3.05, 3.63) is 47.4 Å². The lowest BCUT2D eigenvalue weighted by atomic mass is 10.1. The van der Waals surface area contributed by atoms with Crippen molar-refractivity contribution in [3.8, 4) is 5.75 Å². The zero-order valence-corrected chi connectivity index (χ0v) is 16.7. The van der Waals surface area contributed by atoms with E-state index < -0.39 is 0 Å². The number of ether oxygens (including phenoxy) is 1. The number of aromatic nitrogens is 2. The fourth-order valence-corrected chi connectivity index (χ4v) is 2.84. The Kier molecular flexibility index (Phi) is 8.65. The topological polar surface area (TPSA) is 50.3 Å². The minimum absolute atomic E-state index is 0.327. The van der Waals surface area contributed by atoms with Gasteiger partial charge in [0.2, 0.25) is 0 Å². The standard InChI is InChI=1S/C20H29ClN4O/c1-4-25(5-2)14-6-7-16(3)23-19-12-13-22-20(24-19)15-26-18-10-8-17(21)9-11-18/h8-13,16H,4-7,14-15H2,1-3H3,(H,22,23,24). The number of rotatable bonds is 11. The second-order valence-electron chi connectivity index (χ2n) is 6.32. The van der Waals surface area contributed by atoms with Crippen LogP contribution in [-0.4, -0.2) is 40.5 Å². The van der Waals surface area contributed by atoms with E-state index in [1.54, 1.807) is 18.3 Å². The van der Waals surface area contributed by atoms with E-state index >= 15 is 0 Å². The van der Waals surface area contributed by atoms with Gasteiger partial charge in [0.1, 0.15) is 18.2 Å². The number of hydrogen-bond donors (Lipinski definition) is 1. The smallest absolute Gasteiger partial charge is 0.168 e. The largest absolute Gasteiger partial charge is 0.486 e. The Bertz CT molecular complexity index is 647. The first-order valence-electron chi connectivity index (χ1n) is 9.29. The summed E-state index contributed by atoms with van der Waals surface area (Å²) in [6, 6.07) is 9.54. The first-order chi connectivity index (χ1) is 12.6. The first-order valence-corrected chi connectivity index (χ1v) is 9.67. The minimum atomic E-state index is 0.327.